The zero-order valence-electron chi connectivity index (χ0n) is 8.80. The smallest absolute Gasteiger partial charge is 0.302 e. The molecular formula is C12H14F3N. The molecule has 1 unspecified atom stereocenters. The van der Waals surface area contributed by atoms with Crippen molar-refractivity contribution < 1.29 is 13.2 Å². The summed E-state index contributed by atoms with van der Waals surface area (Å²) in [6.07, 6.45) is -2.10. The van der Waals surface area contributed by atoms with E-state index in [4.69, 9.17) is 0 Å². The lowest BCUT2D eigenvalue weighted by molar-refractivity contribution is -0.126. The van der Waals surface area contributed by atoms with Gasteiger partial charge in [-0.15, -0.1) is 0 Å². The third-order valence-electron chi connectivity index (χ3n) is 2.77. The average molecular weight is 229 g/mol. The van der Waals surface area contributed by atoms with Gasteiger partial charge in [0, 0.05) is 6.04 Å². The molecule has 1 aliphatic carbocycles. The third kappa shape index (κ3) is 3.23. The number of hydrogen-bond donors (Lipinski definition) is 1. The number of nitrogens with one attached hydrogen (secondary N) is 1. The van der Waals surface area contributed by atoms with Crippen molar-refractivity contribution in [3.8, 4) is 0 Å². The molecule has 0 aromatic heterocycles. The zero-order valence-corrected chi connectivity index (χ0v) is 8.80. The Morgan fingerprint density at radius 2 is 1.81 bits per heavy atom. The monoisotopic (exact) mass is 229 g/mol. The van der Waals surface area contributed by atoms with E-state index in [-0.39, 0.29) is 6.04 Å². The standard InChI is InChI=1S/C12H14F3N/c13-12(14,15)8-16-11(10-6-7-10)9-4-2-1-3-5-9/h1-5,10-11,16H,6-8H2. The number of benzene rings is 1. The van der Waals surface area contributed by atoms with Crippen LogP contribution in [0.2, 0.25) is 0 Å². The van der Waals surface area contributed by atoms with E-state index in [2.05, 4.69) is 5.32 Å². The Balaban J connectivity index is 2.01. The Morgan fingerprint density at radius 3 is 2.31 bits per heavy atom. The Bertz CT molecular complexity index is 330. The van der Waals surface area contributed by atoms with Gasteiger partial charge in [-0.25, -0.2) is 0 Å². The van der Waals surface area contributed by atoms with E-state index >= 15 is 0 Å². The van der Waals surface area contributed by atoms with Gasteiger partial charge in [0.15, 0.2) is 0 Å². The summed E-state index contributed by atoms with van der Waals surface area (Å²) in [6.45, 7) is -0.914. The first-order valence-corrected chi connectivity index (χ1v) is 5.41. The summed E-state index contributed by atoms with van der Waals surface area (Å²) in [7, 11) is 0. The summed E-state index contributed by atoms with van der Waals surface area (Å²) in [6, 6.07) is 9.21. The quantitative estimate of drug-likeness (QED) is 0.835. The normalized spacial score (nSPS) is 18.4. The van der Waals surface area contributed by atoms with E-state index in [1.807, 2.05) is 30.3 Å². The Morgan fingerprint density at radius 1 is 1.19 bits per heavy atom. The predicted molar refractivity (Wildman–Crippen MR) is 56.0 cm³/mol. The van der Waals surface area contributed by atoms with Crippen molar-refractivity contribution in [2.75, 3.05) is 6.54 Å². The highest BCUT2D eigenvalue weighted by molar-refractivity contribution is 5.21. The third-order valence-corrected chi connectivity index (χ3v) is 2.77. The van der Waals surface area contributed by atoms with Gasteiger partial charge in [0.05, 0.1) is 6.54 Å². The van der Waals surface area contributed by atoms with Gasteiger partial charge in [-0.2, -0.15) is 13.2 Å². The van der Waals surface area contributed by atoms with E-state index in [1.165, 1.54) is 0 Å². The van der Waals surface area contributed by atoms with Crippen LogP contribution >= 0.6 is 0 Å². The minimum absolute atomic E-state index is 0.150. The first-order valence-electron chi connectivity index (χ1n) is 5.41. The Kier molecular flexibility index (Phi) is 3.19. The van der Waals surface area contributed by atoms with Crippen LogP contribution in [-0.2, 0) is 0 Å². The van der Waals surface area contributed by atoms with Crippen LogP contribution in [0.1, 0.15) is 24.4 Å². The van der Waals surface area contributed by atoms with Crippen molar-refractivity contribution >= 4 is 0 Å². The average Bonchev–Trinajstić information content (AvgIpc) is 3.02. The van der Waals surface area contributed by atoms with E-state index in [1.54, 1.807) is 0 Å². The minimum Gasteiger partial charge on any atom is -0.302 e. The summed E-state index contributed by atoms with van der Waals surface area (Å²) >= 11 is 0. The summed E-state index contributed by atoms with van der Waals surface area (Å²) in [5.41, 5.74) is 0.953. The summed E-state index contributed by atoms with van der Waals surface area (Å²) in [5.74, 6) is 0.366. The van der Waals surface area contributed by atoms with Gasteiger partial charge in [-0.3, -0.25) is 0 Å². The van der Waals surface area contributed by atoms with Crippen LogP contribution in [0.15, 0.2) is 30.3 Å². The maximum atomic E-state index is 12.2. The van der Waals surface area contributed by atoms with Crippen molar-refractivity contribution in [1.82, 2.24) is 5.32 Å². The summed E-state index contributed by atoms with van der Waals surface area (Å²) in [4.78, 5) is 0. The molecule has 88 valence electrons. The van der Waals surface area contributed by atoms with Crippen LogP contribution in [0, 0.1) is 5.92 Å². The Labute approximate surface area is 92.7 Å². The van der Waals surface area contributed by atoms with Crippen LogP contribution < -0.4 is 5.32 Å². The fourth-order valence-corrected chi connectivity index (χ4v) is 1.87. The summed E-state index contributed by atoms with van der Waals surface area (Å²) < 4.78 is 36.5. The van der Waals surface area contributed by atoms with Crippen molar-refractivity contribution in [2.45, 2.75) is 25.1 Å². The predicted octanol–water partition coefficient (Wildman–Crippen LogP) is 3.29. The molecule has 0 saturated heterocycles. The maximum absolute atomic E-state index is 12.2. The van der Waals surface area contributed by atoms with E-state index < -0.39 is 12.7 Å². The zero-order chi connectivity index (χ0) is 11.6. The fourth-order valence-electron chi connectivity index (χ4n) is 1.87. The molecule has 1 aliphatic rings. The van der Waals surface area contributed by atoms with Crippen LogP contribution in [0.25, 0.3) is 0 Å². The van der Waals surface area contributed by atoms with Gasteiger partial charge < -0.3 is 5.32 Å². The highest BCUT2D eigenvalue weighted by Gasteiger charge is 2.35. The summed E-state index contributed by atoms with van der Waals surface area (Å²) in [5, 5.41) is 2.61. The second-order valence-electron chi connectivity index (χ2n) is 4.22. The molecule has 1 aromatic carbocycles. The molecule has 2 rings (SSSR count). The van der Waals surface area contributed by atoms with E-state index in [0.29, 0.717) is 5.92 Å². The van der Waals surface area contributed by atoms with Gasteiger partial charge in [0.2, 0.25) is 0 Å². The van der Waals surface area contributed by atoms with Crippen LogP contribution in [-0.4, -0.2) is 12.7 Å². The Hall–Kier alpha value is -1.03. The van der Waals surface area contributed by atoms with Crippen molar-refractivity contribution in [3.63, 3.8) is 0 Å². The van der Waals surface area contributed by atoms with Crippen molar-refractivity contribution in [1.29, 1.82) is 0 Å². The number of alkyl halides is 3. The first kappa shape index (κ1) is 11.5. The van der Waals surface area contributed by atoms with Crippen LogP contribution in [0.3, 0.4) is 0 Å². The van der Waals surface area contributed by atoms with Crippen LogP contribution in [0.5, 0.6) is 0 Å². The molecule has 1 fully saturated rings. The fraction of sp³-hybridized carbons (Fsp3) is 0.500. The van der Waals surface area contributed by atoms with Gasteiger partial charge in [-0.05, 0) is 24.3 Å². The largest absolute Gasteiger partial charge is 0.401 e. The van der Waals surface area contributed by atoms with Crippen molar-refractivity contribution in [2.24, 2.45) is 5.92 Å². The molecule has 0 heterocycles. The number of halogens is 3. The van der Waals surface area contributed by atoms with E-state index in [9.17, 15) is 13.2 Å². The lowest BCUT2D eigenvalue weighted by atomic mass is 10.0. The lowest BCUT2D eigenvalue weighted by Gasteiger charge is -2.19. The SMILES string of the molecule is FC(F)(F)CNC(c1ccccc1)C1CC1. The van der Waals surface area contributed by atoms with Gasteiger partial charge in [0.1, 0.15) is 0 Å². The number of rotatable bonds is 4. The molecule has 0 radical (unpaired) electrons. The van der Waals surface area contributed by atoms with Gasteiger partial charge in [0.25, 0.3) is 0 Å². The molecule has 1 aromatic rings. The second kappa shape index (κ2) is 4.45. The minimum atomic E-state index is -4.14. The highest BCUT2D eigenvalue weighted by atomic mass is 19.4. The van der Waals surface area contributed by atoms with E-state index in [0.717, 1.165) is 18.4 Å². The molecule has 0 spiro atoms. The maximum Gasteiger partial charge on any atom is 0.401 e. The molecule has 1 saturated carbocycles. The van der Waals surface area contributed by atoms with Gasteiger partial charge in [-0.1, -0.05) is 30.3 Å². The van der Waals surface area contributed by atoms with Crippen molar-refractivity contribution in [3.05, 3.63) is 35.9 Å². The highest BCUT2D eigenvalue weighted by Crippen LogP contribution is 2.41. The van der Waals surface area contributed by atoms with Gasteiger partial charge >= 0.3 is 6.18 Å². The molecule has 0 amide bonds. The number of hydrogen-bond acceptors (Lipinski definition) is 1. The molecule has 1 N–H and O–H groups in total. The van der Waals surface area contributed by atoms with Crippen LogP contribution in [0.4, 0.5) is 13.2 Å². The molecular weight excluding hydrogens is 215 g/mol. The lowest BCUT2D eigenvalue weighted by Crippen LogP contribution is -2.33. The topological polar surface area (TPSA) is 12.0 Å². The molecule has 0 aliphatic heterocycles. The second-order valence-corrected chi connectivity index (χ2v) is 4.22. The molecule has 1 nitrogen and oxygen atoms in total. The molecule has 0 bridgehead atoms. The molecule has 1 atom stereocenters. The first-order chi connectivity index (χ1) is 7.56. The molecule has 16 heavy (non-hydrogen) atoms. The molecule has 4 heteroatoms.